The lowest BCUT2D eigenvalue weighted by Gasteiger charge is -2.16. The fourth-order valence-electron chi connectivity index (χ4n) is 1.81. The van der Waals surface area contributed by atoms with Gasteiger partial charge in [0.15, 0.2) is 0 Å². The lowest BCUT2D eigenvalue weighted by Crippen LogP contribution is -2.48. The molecule has 1 atom stereocenters. The smallest absolute Gasteiger partial charge is 0.429 e. The van der Waals surface area contributed by atoms with Gasteiger partial charge in [-0.25, -0.2) is 0 Å². The van der Waals surface area contributed by atoms with Crippen LogP contribution in [0.5, 0.6) is 0 Å². The number of carbonyl (C=O) groups excluding carboxylic acids is 1. The Kier molecular flexibility index (Phi) is 4.37. The molecule has 0 aliphatic rings. The maximum absolute atomic E-state index is 11.8. The lowest BCUT2D eigenvalue weighted by atomic mass is 9.55. The molecule has 0 heterocycles. The van der Waals surface area contributed by atoms with Crippen LogP contribution in [0.2, 0.25) is 0 Å². The first-order chi connectivity index (χ1) is 9.18. The molecule has 0 spiro atoms. The van der Waals surface area contributed by atoms with Gasteiger partial charge >= 0.3 is 12.9 Å². The van der Waals surface area contributed by atoms with Gasteiger partial charge in [0.1, 0.15) is 0 Å². The van der Waals surface area contributed by atoms with Crippen molar-refractivity contribution < 1.29 is 9.45 Å². The Hall–Kier alpha value is -2.07. The molecule has 0 saturated carbocycles. The van der Waals surface area contributed by atoms with Crippen LogP contribution in [0.4, 0.5) is 0 Å². The molecule has 0 saturated heterocycles. The molecule has 19 heavy (non-hydrogen) atoms. The SMILES string of the molecule is CC(N)C(=O)OB(c1ccccc1)c1ccccc1. The summed E-state index contributed by atoms with van der Waals surface area (Å²) in [6.07, 6.45) is 0. The predicted molar refractivity (Wildman–Crippen MR) is 77.6 cm³/mol. The second-order valence-electron chi connectivity index (χ2n) is 4.43. The third-order valence-electron chi connectivity index (χ3n) is 2.81. The van der Waals surface area contributed by atoms with E-state index < -0.39 is 18.9 Å². The van der Waals surface area contributed by atoms with Crippen LogP contribution in [-0.2, 0) is 9.45 Å². The maximum Gasteiger partial charge on any atom is 0.429 e. The maximum atomic E-state index is 11.8. The first kappa shape index (κ1) is 13.4. The van der Waals surface area contributed by atoms with Crippen molar-refractivity contribution in [3.8, 4) is 0 Å². The standard InChI is InChI=1S/C15H16BNO2/c1-12(17)15(18)19-16(13-8-4-2-5-9-13)14-10-6-3-7-11-14/h2-12H,17H2,1H3. The largest absolute Gasteiger partial charge is 0.525 e. The Morgan fingerprint density at radius 2 is 1.42 bits per heavy atom. The van der Waals surface area contributed by atoms with E-state index in [-0.39, 0.29) is 0 Å². The molecule has 0 amide bonds. The molecule has 0 bridgehead atoms. The van der Waals surface area contributed by atoms with Crippen LogP contribution in [0.3, 0.4) is 0 Å². The van der Waals surface area contributed by atoms with Gasteiger partial charge in [0.05, 0.1) is 6.04 Å². The molecule has 3 nitrogen and oxygen atoms in total. The first-order valence-corrected chi connectivity index (χ1v) is 6.24. The van der Waals surface area contributed by atoms with Crippen molar-refractivity contribution in [2.75, 3.05) is 0 Å². The molecule has 0 aliphatic heterocycles. The van der Waals surface area contributed by atoms with E-state index in [4.69, 9.17) is 10.4 Å². The predicted octanol–water partition coefficient (Wildman–Crippen LogP) is 0.683. The van der Waals surface area contributed by atoms with Crippen molar-refractivity contribution in [1.29, 1.82) is 0 Å². The molecule has 1 unspecified atom stereocenters. The first-order valence-electron chi connectivity index (χ1n) is 6.24. The summed E-state index contributed by atoms with van der Waals surface area (Å²) in [4.78, 5) is 11.8. The van der Waals surface area contributed by atoms with E-state index in [1.807, 2.05) is 60.7 Å². The highest BCUT2D eigenvalue weighted by Gasteiger charge is 2.26. The topological polar surface area (TPSA) is 52.3 Å². The average Bonchev–Trinajstić information content (AvgIpc) is 2.46. The Labute approximate surface area is 113 Å². The Morgan fingerprint density at radius 1 is 1.00 bits per heavy atom. The molecule has 2 aromatic carbocycles. The molecule has 0 aliphatic carbocycles. The molecule has 0 radical (unpaired) electrons. The molecule has 96 valence electrons. The van der Waals surface area contributed by atoms with Gasteiger partial charge < -0.3 is 10.4 Å². The molecular formula is C15H16BNO2. The van der Waals surface area contributed by atoms with Gasteiger partial charge in [-0.2, -0.15) is 0 Å². The van der Waals surface area contributed by atoms with Gasteiger partial charge in [-0.3, -0.25) is 4.79 Å². The summed E-state index contributed by atoms with van der Waals surface area (Å²) < 4.78 is 5.52. The molecule has 0 aromatic heterocycles. The second-order valence-corrected chi connectivity index (χ2v) is 4.43. The fourth-order valence-corrected chi connectivity index (χ4v) is 1.81. The summed E-state index contributed by atoms with van der Waals surface area (Å²) in [5.74, 6) is -0.405. The molecule has 2 aromatic rings. The van der Waals surface area contributed by atoms with Gasteiger partial charge in [-0.05, 0) is 17.8 Å². The van der Waals surface area contributed by atoms with E-state index in [2.05, 4.69) is 0 Å². The minimum atomic E-state index is -0.630. The van der Waals surface area contributed by atoms with Crippen LogP contribution in [0.15, 0.2) is 60.7 Å². The van der Waals surface area contributed by atoms with Crippen molar-refractivity contribution in [2.24, 2.45) is 5.73 Å². The van der Waals surface area contributed by atoms with Gasteiger partial charge in [-0.1, -0.05) is 60.7 Å². The zero-order valence-electron chi connectivity index (χ0n) is 10.8. The molecule has 2 N–H and O–H groups in total. The van der Waals surface area contributed by atoms with E-state index in [9.17, 15) is 4.79 Å². The van der Waals surface area contributed by atoms with Crippen LogP contribution < -0.4 is 16.7 Å². The highest BCUT2D eigenvalue weighted by Crippen LogP contribution is 1.96. The second kappa shape index (κ2) is 6.20. The summed E-state index contributed by atoms with van der Waals surface area (Å²) in [7, 11) is 0. The minimum absolute atomic E-state index is 0.405. The summed E-state index contributed by atoms with van der Waals surface area (Å²) in [5.41, 5.74) is 7.43. The fraction of sp³-hybridized carbons (Fsp3) is 0.133. The van der Waals surface area contributed by atoms with E-state index in [1.54, 1.807) is 6.92 Å². The van der Waals surface area contributed by atoms with Crippen molar-refractivity contribution >= 4 is 23.8 Å². The van der Waals surface area contributed by atoms with Crippen LogP contribution >= 0.6 is 0 Å². The van der Waals surface area contributed by atoms with Crippen molar-refractivity contribution in [1.82, 2.24) is 0 Å². The van der Waals surface area contributed by atoms with Gasteiger partial charge in [-0.15, -0.1) is 0 Å². The van der Waals surface area contributed by atoms with Crippen LogP contribution in [0.25, 0.3) is 0 Å². The lowest BCUT2D eigenvalue weighted by molar-refractivity contribution is -0.135. The molecule has 0 fully saturated rings. The minimum Gasteiger partial charge on any atom is -0.525 e. The van der Waals surface area contributed by atoms with Crippen molar-refractivity contribution in [2.45, 2.75) is 13.0 Å². The third-order valence-corrected chi connectivity index (χ3v) is 2.81. The summed E-state index contributed by atoms with van der Waals surface area (Å²) in [6.45, 7) is 1.20. The summed E-state index contributed by atoms with van der Waals surface area (Å²) >= 11 is 0. The zero-order chi connectivity index (χ0) is 13.7. The monoisotopic (exact) mass is 253 g/mol. The number of rotatable bonds is 4. The number of hydrogen-bond acceptors (Lipinski definition) is 3. The average molecular weight is 253 g/mol. The van der Waals surface area contributed by atoms with Crippen LogP contribution in [0, 0.1) is 0 Å². The number of carbonyl (C=O) groups is 1. The Morgan fingerprint density at radius 3 is 1.79 bits per heavy atom. The zero-order valence-corrected chi connectivity index (χ0v) is 10.8. The van der Waals surface area contributed by atoms with Crippen molar-refractivity contribution in [3.63, 3.8) is 0 Å². The highest BCUT2D eigenvalue weighted by atomic mass is 16.5. The van der Waals surface area contributed by atoms with E-state index in [1.165, 1.54) is 0 Å². The summed E-state index contributed by atoms with van der Waals surface area (Å²) in [6, 6.07) is 18.7. The molecule has 2 rings (SSSR count). The molecule has 4 heteroatoms. The Bertz CT molecular complexity index is 489. The highest BCUT2D eigenvalue weighted by molar-refractivity contribution is 6.81. The summed E-state index contributed by atoms with van der Waals surface area (Å²) in [5, 5.41) is 0. The van der Waals surface area contributed by atoms with Gasteiger partial charge in [0.2, 0.25) is 0 Å². The van der Waals surface area contributed by atoms with Crippen LogP contribution in [-0.4, -0.2) is 18.9 Å². The quantitative estimate of drug-likeness (QED) is 0.815. The van der Waals surface area contributed by atoms with Crippen molar-refractivity contribution in [3.05, 3.63) is 60.7 Å². The molecular weight excluding hydrogens is 237 g/mol. The van der Waals surface area contributed by atoms with E-state index in [0.29, 0.717) is 0 Å². The number of benzene rings is 2. The van der Waals surface area contributed by atoms with Gasteiger partial charge in [0.25, 0.3) is 0 Å². The van der Waals surface area contributed by atoms with Gasteiger partial charge in [0, 0.05) is 0 Å². The Balaban J connectivity index is 2.32. The number of nitrogens with two attached hydrogens (primary N) is 1. The van der Waals surface area contributed by atoms with E-state index in [0.717, 1.165) is 10.9 Å². The van der Waals surface area contributed by atoms with E-state index >= 15 is 0 Å². The normalized spacial score (nSPS) is 11.7. The third kappa shape index (κ3) is 3.45. The number of hydrogen-bond donors (Lipinski definition) is 1. The van der Waals surface area contributed by atoms with Crippen LogP contribution in [0.1, 0.15) is 6.92 Å².